The van der Waals surface area contributed by atoms with Crippen LogP contribution in [0.25, 0.3) is 69.6 Å². The summed E-state index contributed by atoms with van der Waals surface area (Å²) in [7, 11) is 0. The maximum atomic E-state index is 2.65. The van der Waals surface area contributed by atoms with Crippen LogP contribution in [0, 0.1) is 23.7 Å². The molecule has 3 aliphatic rings. The Bertz CT molecular complexity index is 3340. The number of aromatic nitrogens is 1. The van der Waals surface area contributed by atoms with Gasteiger partial charge in [0.2, 0.25) is 0 Å². The van der Waals surface area contributed by atoms with Crippen LogP contribution in [0.2, 0.25) is 0 Å². The highest BCUT2D eigenvalue weighted by atomic mass is 32.1. The first-order chi connectivity index (χ1) is 29.6. The molecule has 0 radical (unpaired) electrons. The van der Waals surface area contributed by atoms with Crippen LogP contribution in [-0.2, 0) is 5.41 Å². The van der Waals surface area contributed by atoms with Crippen molar-refractivity contribution >= 4 is 81.1 Å². The monoisotopic (exact) mass is 790 g/mol. The SMILES string of the molecule is CC1CC2CC(C)CC(C1)C21c2ccccc2-n2c3ccccc3c3c(N(c4cccc(-c5cccc6c5sc5ccccc56)c4)c4ccc5ccccc5c4)ccc1c32. The third-order valence-corrected chi connectivity index (χ3v) is 16.1. The molecule has 13 rings (SSSR count). The van der Waals surface area contributed by atoms with Gasteiger partial charge in [0.1, 0.15) is 0 Å². The topological polar surface area (TPSA) is 8.17 Å². The number of benzene rings is 8. The number of para-hydroxylation sites is 2. The molecule has 1 aliphatic heterocycles. The summed E-state index contributed by atoms with van der Waals surface area (Å²) in [6, 6.07) is 64.6. The van der Waals surface area contributed by atoms with E-state index in [0.29, 0.717) is 11.8 Å². The second-order valence-corrected chi connectivity index (χ2v) is 19.4. The molecule has 290 valence electrons. The Morgan fingerprint density at radius 1 is 0.550 bits per heavy atom. The fourth-order valence-electron chi connectivity index (χ4n) is 12.8. The molecule has 0 amide bonds. The highest BCUT2D eigenvalue weighted by molar-refractivity contribution is 7.26. The van der Waals surface area contributed by atoms with Crippen molar-refractivity contribution in [1.29, 1.82) is 0 Å². The molecule has 10 aromatic rings. The molecule has 0 saturated heterocycles. The minimum atomic E-state index is -0.00655. The summed E-state index contributed by atoms with van der Waals surface area (Å²) >= 11 is 1.90. The maximum absolute atomic E-state index is 2.65. The van der Waals surface area contributed by atoms with Crippen molar-refractivity contribution in [2.24, 2.45) is 23.7 Å². The molecule has 60 heavy (non-hydrogen) atoms. The van der Waals surface area contributed by atoms with Gasteiger partial charge in [-0.25, -0.2) is 0 Å². The molecule has 2 saturated carbocycles. The zero-order valence-electron chi connectivity index (χ0n) is 34.1. The number of hydrogen-bond donors (Lipinski definition) is 0. The number of fused-ring (bicyclic) bond motifs is 9. The summed E-state index contributed by atoms with van der Waals surface area (Å²) < 4.78 is 5.33. The molecular formula is C57H46N2S. The molecule has 2 fully saturated rings. The predicted molar refractivity (Wildman–Crippen MR) is 256 cm³/mol. The number of hydrogen-bond acceptors (Lipinski definition) is 2. The van der Waals surface area contributed by atoms with Crippen molar-refractivity contribution in [3.05, 3.63) is 181 Å². The highest BCUT2D eigenvalue weighted by Crippen LogP contribution is 2.65. The fraction of sp³-hybridized carbons (Fsp3) is 0.193. The van der Waals surface area contributed by atoms with Crippen LogP contribution >= 0.6 is 11.3 Å². The number of thiophene rings is 1. The summed E-state index contributed by atoms with van der Waals surface area (Å²) in [5.74, 6) is 2.73. The van der Waals surface area contributed by atoms with Crippen LogP contribution in [-0.4, -0.2) is 4.57 Å². The Labute approximate surface area is 355 Å². The Hall–Kier alpha value is -6.16. The summed E-state index contributed by atoms with van der Waals surface area (Å²) in [6.07, 6.45) is 5.17. The van der Waals surface area contributed by atoms with E-state index in [2.05, 4.69) is 193 Å². The molecule has 0 atom stereocenters. The number of nitrogens with zero attached hydrogens (tertiary/aromatic N) is 2. The molecule has 0 unspecified atom stereocenters. The van der Waals surface area contributed by atoms with Crippen molar-refractivity contribution in [2.75, 3.05) is 4.90 Å². The molecular weight excluding hydrogens is 745 g/mol. The molecule has 2 aromatic heterocycles. The van der Waals surface area contributed by atoms with Gasteiger partial charge in [-0.3, -0.25) is 0 Å². The molecule has 2 aliphatic carbocycles. The number of rotatable bonds is 4. The van der Waals surface area contributed by atoms with Crippen molar-refractivity contribution in [1.82, 2.24) is 4.57 Å². The Balaban J connectivity index is 1.11. The first-order valence-electron chi connectivity index (χ1n) is 22.0. The first-order valence-corrected chi connectivity index (χ1v) is 22.8. The molecule has 1 spiro atoms. The minimum Gasteiger partial charge on any atom is -0.310 e. The van der Waals surface area contributed by atoms with E-state index in [1.807, 2.05) is 11.3 Å². The van der Waals surface area contributed by atoms with Crippen LogP contribution in [0.1, 0.15) is 50.7 Å². The number of anilines is 3. The average Bonchev–Trinajstić information content (AvgIpc) is 3.83. The lowest BCUT2D eigenvalue weighted by Gasteiger charge is -2.59. The van der Waals surface area contributed by atoms with Gasteiger partial charge in [0.15, 0.2) is 0 Å². The van der Waals surface area contributed by atoms with E-state index in [1.54, 1.807) is 11.1 Å². The van der Waals surface area contributed by atoms with E-state index in [4.69, 9.17) is 0 Å². The summed E-state index contributed by atoms with van der Waals surface area (Å²) in [5, 5.41) is 7.83. The lowest BCUT2D eigenvalue weighted by atomic mass is 9.46. The second-order valence-electron chi connectivity index (χ2n) is 18.3. The summed E-state index contributed by atoms with van der Waals surface area (Å²) in [5.41, 5.74) is 13.2. The summed E-state index contributed by atoms with van der Waals surface area (Å²) in [4.78, 5) is 2.57. The largest absolute Gasteiger partial charge is 0.310 e. The second kappa shape index (κ2) is 12.9. The molecule has 0 N–H and O–H groups in total. The predicted octanol–water partition coefficient (Wildman–Crippen LogP) is 16.1. The van der Waals surface area contributed by atoms with Gasteiger partial charge in [-0.15, -0.1) is 11.3 Å². The standard InChI is InChI=1S/C57H46N2S/c1-35-29-40-31-36(2)32-41(30-35)57(40)48-21-7-9-23-51(48)59-50-22-8-5-18-47(50)54-52(28-27-49(57)55(54)59)58(43-26-25-37-13-3-4-14-38(37)33-43)42-16-11-15-39(34-42)44-19-12-20-46-45-17-6-10-24-53(45)60-56(44)46/h3-28,33-36,40-41H,29-32H2,1-2H3. The molecule has 2 nitrogen and oxygen atoms in total. The zero-order valence-corrected chi connectivity index (χ0v) is 34.9. The average molecular weight is 791 g/mol. The first kappa shape index (κ1) is 34.7. The normalized spacial score (nSPS) is 22.0. The van der Waals surface area contributed by atoms with E-state index in [-0.39, 0.29) is 5.41 Å². The Kier molecular flexibility index (Phi) is 7.47. The minimum absolute atomic E-state index is 0.00655. The van der Waals surface area contributed by atoms with E-state index < -0.39 is 0 Å². The van der Waals surface area contributed by atoms with Gasteiger partial charge in [0.25, 0.3) is 0 Å². The van der Waals surface area contributed by atoms with Gasteiger partial charge in [-0.2, -0.15) is 0 Å². The van der Waals surface area contributed by atoms with Crippen LogP contribution in [0.15, 0.2) is 170 Å². The third kappa shape index (κ3) is 4.76. The molecule has 3 heterocycles. The molecule has 3 heteroatoms. The van der Waals surface area contributed by atoms with E-state index >= 15 is 0 Å². The van der Waals surface area contributed by atoms with Crippen molar-refractivity contribution in [2.45, 2.75) is 44.9 Å². The Morgan fingerprint density at radius 2 is 1.23 bits per heavy atom. The fourth-order valence-corrected chi connectivity index (χ4v) is 14.1. The van der Waals surface area contributed by atoms with Crippen LogP contribution < -0.4 is 4.90 Å². The van der Waals surface area contributed by atoms with Gasteiger partial charge < -0.3 is 9.47 Å². The molecule has 8 aromatic carbocycles. The zero-order chi connectivity index (χ0) is 39.7. The van der Waals surface area contributed by atoms with E-state index in [9.17, 15) is 0 Å². The van der Waals surface area contributed by atoms with Crippen molar-refractivity contribution in [3.63, 3.8) is 0 Å². The maximum Gasteiger partial charge on any atom is 0.0603 e. The lowest BCUT2D eigenvalue weighted by molar-refractivity contribution is 0.0271. The van der Waals surface area contributed by atoms with E-state index in [1.165, 1.54) is 107 Å². The molecule has 2 bridgehead atoms. The smallest absolute Gasteiger partial charge is 0.0603 e. The lowest BCUT2D eigenvalue weighted by Crippen LogP contribution is -2.53. The van der Waals surface area contributed by atoms with E-state index in [0.717, 1.165) is 17.5 Å². The Morgan fingerprint density at radius 3 is 2.08 bits per heavy atom. The van der Waals surface area contributed by atoms with Crippen LogP contribution in [0.4, 0.5) is 17.1 Å². The van der Waals surface area contributed by atoms with Gasteiger partial charge in [-0.05, 0) is 131 Å². The van der Waals surface area contributed by atoms with Crippen LogP contribution in [0.5, 0.6) is 0 Å². The van der Waals surface area contributed by atoms with Crippen LogP contribution in [0.3, 0.4) is 0 Å². The van der Waals surface area contributed by atoms with Crippen molar-refractivity contribution in [3.8, 4) is 16.8 Å². The van der Waals surface area contributed by atoms with Crippen molar-refractivity contribution < 1.29 is 0 Å². The third-order valence-electron chi connectivity index (χ3n) is 14.9. The van der Waals surface area contributed by atoms with Gasteiger partial charge >= 0.3 is 0 Å². The summed E-state index contributed by atoms with van der Waals surface area (Å²) in [6.45, 7) is 5.04. The van der Waals surface area contributed by atoms with Gasteiger partial charge in [0.05, 0.1) is 22.4 Å². The highest BCUT2D eigenvalue weighted by Gasteiger charge is 2.57. The quantitative estimate of drug-likeness (QED) is 0.172. The van der Waals surface area contributed by atoms with Gasteiger partial charge in [0, 0.05) is 47.7 Å². The van der Waals surface area contributed by atoms with Gasteiger partial charge in [-0.1, -0.05) is 135 Å².